The molecule has 0 aliphatic carbocycles. The highest BCUT2D eigenvalue weighted by molar-refractivity contribution is 5.98. The lowest BCUT2D eigenvalue weighted by molar-refractivity contribution is -0.127. The molecule has 2 aromatic heterocycles. The molecular weight excluding hydrogens is 536 g/mol. The molecule has 0 bridgehead atoms. The second kappa shape index (κ2) is 14.3. The zero-order valence-corrected chi connectivity index (χ0v) is 24.5. The van der Waals surface area contributed by atoms with E-state index in [4.69, 9.17) is 0 Å². The molecule has 2 heterocycles. The molecule has 0 aliphatic rings. The van der Waals surface area contributed by atoms with Gasteiger partial charge < -0.3 is 25.4 Å². The lowest BCUT2D eigenvalue weighted by Crippen LogP contribution is -2.46. The van der Waals surface area contributed by atoms with Crippen molar-refractivity contribution < 1.29 is 14.4 Å². The van der Waals surface area contributed by atoms with Gasteiger partial charge in [0.05, 0.1) is 0 Å². The van der Waals surface area contributed by atoms with Crippen LogP contribution in [0.4, 0.5) is 0 Å². The first-order valence-electron chi connectivity index (χ1n) is 15.0. The number of Topliss-reactive ketones (excluding diaryl/α,β-unsaturated/α-hetero) is 1. The first-order chi connectivity index (χ1) is 21.0. The van der Waals surface area contributed by atoms with Crippen molar-refractivity contribution in [3.63, 3.8) is 0 Å². The van der Waals surface area contributed by atoms with Crippen LogP contribution in [0.1, 0.15) is 50.2 Å². The molecule has 43 heavy (non-hydrogen) atoms. The van der Waals surface area contributed by atoms with Gasteiger partial charge in [-0.2, -0.15) is 0 Å². The molecule has 7 nitrogen and oxygen atoms in total. The van der Waals surface area contributed by atoms with Gasteiger partial charge in [0.1, 0.15) is 11.8 Å². The average Bonchev–Trinajstić information content (AvgIpc) is 3.61. The maximum Gasteiger partial charge on any atom is 0.244 e. The van der Waals surface area contributed by atoms with E-state index in [1.165, 1.54) is 6.08 Å². The summed E-state index contributed by atoms with van der Waals surface area (Å²) in [5.41, 5.74) is 6.25. The van der Waals surface area contributed by atoms with Crippen LogP contribution in [-0.2, 0) is 20.8 Å². The molecule has 0 unspecified atom stereocenters. The van der Waals surface area contributed by atoms with E-state index in [2.05, 4.69) is 44.9 Å². The Hall–Kier alpha value is -4.91. The van der Waals surface area contributed by atoms with Crippen molar-refractivity contribution in [3.05, 3.63) is 102 Å². The number of H-pyrrole nitrogens is 2. The van der Waals surface area contributed by atoms with Crippen LogP contribution in [0.25, 0.3) is 39.1 Å². The molecule has 4 N–H and O–H groups in total. The number of amides is 2. The minimum Gasteiger partial charge on any atom is -0.361 e. The van der Waals surface area contributed by atoms with Crippen molar-refractivity contribution in [1.82, 2.24) is 20.6 Å². The molecule has 0 saturated heterocycles. The molecule has 0 radical (unpaired) electrons. The largest absolute Gasteiger partial charge is 0.361 e. The van der Waals surface area contributed by atoms with Crippen molar-refractivity contribution in [2.75, 3.05) is 6.54 Å². The number of rotatable bonds is 14. The summed E-state index contributed by atoms with van der Waals surface area (Å²) in [6.07, 6.45) is 9.10. The molecule has 0 spiro atoms. The molecule has 220 valence electrons. The minimum atomic E-state index is -0.672. The fourth-order valence-corrected chi connectivity index (χ4v) is 5.53. The van der Waals surface area contributed by atoms with Crippen molar-refractivity contribution in [1.29, 1.82) is 0 Å². The summed E-state index contributed by atoms with van der Waals surface area (Å²) in [4.78, 5) is 44.4. The van der Waals surface area contributed by atoms with Gasteiger partial charge in [-0.25, -0.2) is 0 Å². The Kier molecular flexibility index (Phi) is 9.85. The van der Waals surface area contributed by atoms with E-state index in [9.17, 15) is 14.4 Å². The highest BCUT2D eigenvalue weighted by Gasteiger charge is 2.20. The van der Waals surface area contributed by atoms with Gasteiger partial charge >= 0.3 is 0 Å². The highest BCUT2D eigenvalue weighted by atomic mass is 16.2. The zero-order valence-electron chi connectivity index (χ0n) is 24.5. The number of carbonyl (C=O) groups excluding carboxylic acids is 3. The number of nitrogens with one attached hydrogen (secondary N) is 4. The number of benzene rings is 3. The van der Waals surface area contributed by atoms with Crippen molar-refractivity contribution in [2.24, 2.45) is 0 Å². The summed E-state index contributed by atoms with van der Waals surface area (Å²) < 4.78 is 0. The predicted molar refractivity (Wildman–Crippen MR) is 173 cm³/mol. The molecule has 7 heteroatoms. The standard InChI is InChI=1S/C36H38N4O3/c1-25(41)12-4-2-7-19-33(39-34(42)21-20-27-24-38-31-17-10-8-15-28(27)31)36(43)37-23-22-30-29-16-9-11-18-32(29)40-35(30)26-13-5-3-6-14-26/h3,5-6,8-11,13-18,20-21,24,33,38,40H,2,4,7,12,19,22-23H2,1H3,(H,37,43)(H,39,42)/b21-20+/t33-/m0/s1. The third kappa shape index (κ3) is 7.68. The second-order valence-corrected chi connectivity index (χ2v) is 10.9. The number of unbranched alkanes of at least 4 members (excludes halogenated alkanes) is 2. The van der Waals surface area contributed by atoms with Gasteiger partial charge in [0.2, 0.25) is 11.8 Å². The maximum atomic E-state index is 13.4. The Morgan fingerprint density at radius 3 is 2.35 bits per heavy atom. The normalized spacial score (nSPS) is 12.1. The first kappa shape index (κ1) is 29.6. The number of fused-ring (bicyclic) bond motifs is 2. The van der Waals surface area contributed by atoms with E-state index in [1.54, 1.807) is 13.0 Å². The van der Waals surface area contributed by atoms with Gasteiger partial charge in [-0.15, -0.1) is 0 Å². The Balaban J connectivity index is 1.25. The van der Waals surface area contributed by atoms with Crippen LogP contribution in [0.2, 0.25) is 0 Å². The topological polar surface area (TPSA) is 107 Å². The first-order valence-corrected chi connectivity index (χ1v) is 15.0. The molecule has 0 saturated carbocycles. The molecule has 5 rings (SSSR count). The molecule has 0 fully saturated rings. The number of aromatic nitrogens is 2. The molecule has 2 amide bonds. The second-order valence-electron chi connectivity index (χ2n) is 10.9. The van der Waals surface area contributed by atoms with Crippen molar-refractivity contribution >= 4 is 45.5 Å². The lowest BCUT2D eigenvalue weighted by Gasteiger charge is -2.18. The quantitative estimate of drug-likeness (QED) is 0.0874. The third-order valence-corrected chi connectivity index (χ3v) is 7.74. The van der Waals surface area contributed by atoms with E-state index >= 15 is 0 Å². The number of ketones is 1. The number of hydrogen-bond acceptors (Lipinski definition) is 3. The van der Waals surface area contributed by atoms with Crippen LogP contribution >= 0.6 is 0 Å². The number of aromatic amines is 2. The summed E-state index contributed by atoms with van der Waals surface area (Å²) in [7, 11) is 0. The average molecular weight is 575 g/mol. The minimum absolute atomic E-state index is 0.164. The summed E-state index contributed by atoms with van der Waals surface area (Å²) >= 11 is 0. The fraction of sp³-hybridized carbons (Fsp3) is 0.250. The maximum absolute atomic E-state index is 13.4. The van der Waals surface area contributed by atoms with E-state index in [1.807, 2.05) is 60.8 Å². The van der Waals surface area contributed by atoms with Crippen LogP contribution in [0.5, 0.6) is 0 Å². The summed E-state index contributed by atoms with van der Waals surface area (Å²) in [6.45, 7) is 2.02. The monoisotopic (exact) mass is 574 g/mol. The third-order valence-electron chi connectivity index (χ3n) is 7.74. The molecular formula is C36H38N4O3. The van der Waals surface area contributed by atoms with E-state index in [0.717, 1.165) is 63.5 Å². The summed E-state index contributed by atoms with van der Waals surface area (Å²) in [5.74, 6) is -0.365. The fourth-order valence-electron chi connectivity index (χ4n) is 5.53. The Labute approximate surface area is 251 Å². The van der Waals surface area contributed by atoms with Crippen molar-refractivity contribution in [3.8, 4) is 11.3 Å². The van der Waals surface area contributed by atoms with E-state index in [0.29, 0.717) is 25.8 Å². The predicted octanol–water partition coefficient (Wildman–Crippen LogP) is 6.71. The van der Waals surface area contributed by atoms with E-state index < -0.39 is 6.04 Å². The molecule has 5 aromatic rings. The lowest BCUT2D eigenvalue weighted by atomic mass is 10.0. The Bertz CT molecular complexity index is 1730. The molecule has 1 atom stereocenters. The molecule has 0 aliphatic heterocycles. The molecule has 3 aromatic carbocycles. The SMILES string of the molecule is CC(=O)CCCCC[C@H](NC(=O)/C=C/c1c[nH]c2ccccc12)C(=O)NCCc1c(-c2ccccc2)[nH]c2ccccc12. The van der Waals surface area contributed by atoms with Gasteiger partial charge in [0.25, 0.3) is 0 Å². The Morgan fingerprint density at radius 1 is 0.837 bits per heavy atom. The van der Waals surface area contributed by atoms with Gasteiger partial charge in [-0.1, -0.05) is 79.6 Å². The van der Waals surface area contributed by atoms with Gasteiger partial charge in [-0.3, -0.25) is 9.59 Å². The zero-order chi connectivity index (χ0) is 30.0. The summed E-state index contributed by atoms with van der Waals surface area (Å²) in [5, 5.41) is 8.15. The Morgan fingerprint density at radius 2 is 1.56 bits per heavy atom. The van der Waals surface area contributed by atoms with Crippen LogP contribution in [-0.4, -0.2) is 40.2 Å². The number of carbonyl (C=O) groups is 3. The number of hydrogen-bond donors (Lipinski definition) is 4. The van der Waals surface area contributed by atoms with Crippen LogP contribution < -0.4 is 10.6 Å². The highest BCUT2D eigenvalue weighted by Crippen LogP contribution is 2.30. The van der Waals surface area contributed by atoms with Gasteiger partial charge in [0, 0.05) is 52.7 Å². The van der Waals surface area contributed by atoms with Gasteiger partial charge in [0.15, 0.2) is 0 Å². The van der Waals surface area contributed by atoms with Crippen LogP contribution in [0.3, 0.4) is 0 Å². The summed E-state index contributed by atoms with van der Waals surface area (Å²) in [6, 6.07) is 25.6. The van der Waals surface area contributed by atoms with Gasteiger partial charge in [-0.05, 0) is 61.1 Å². The van der Waals surface area contributed by atoms with Crippen molar-refractivity contribution in [2.45, 2.75) is 51.5 Å². The van der Waals surface area contributed by atoms with E-state index in [-0.39, 0.29) is 17.6 Å². The smallest absolute Gasteiger partial charge is 0.244 e. The number of para-hydroxylation sites is 2. The van der Waals surface area contributed by atoms with Crippen LogP contribution in [0, 0.1) is 0 Å². The van der Waals surface area contributed by atoms with Crippen LogP contribution in [0.15, 0.2) is 91.1 Å².